The lowest BCUT2D eigenvalue weighted by molar-refractivity contribution is -0.227. The number of alkyl halides is 3. The van der Waals surface area contributed by atoms with E-state index in [1.54, 1.807) is 0 Å². The number of hydrogen-bond donors (Lipinski definition) is 1. The molecular formula is C14H22F3NO3. The fourth-order valence-electron chi connectivity index (χ4n) is 2.87. The van der Waals surface area contributed by atoms with Crippen LogP contribution in [0.1, 0.15) is 40.0 Å². The quantitative estimate of drug-likeness (QED) is 0.849. The smallest absolute Gasteiger partial charge is 0.406 e. The summed E-state index contributed by atoms with van der Waals surface area (Å²) in [6.07, 6.45) is -4.46. The molecule has 0 spiro atoms. The van der Waals surface area contributed by atoms with Crippen molar-refractivity contribution >= 4 is 11.9 Å². The molecular weight excluding hydrogens is 287 g/mol. The summed E-state index contributed by atoms with van der Waals surface area (Å²) in [7, 11) is 0. The van der Waals surface area contributed by atoms with E-state index < -0.39 is 36.4 Å². The Hall–Kier alpha value is -1.27. The highest BCUT2D eigenvalue weighted by Gasteiger charge is 2.64. The van der Waals surface area contributed by atoms with E-state index in [2.05, 4.69) is 0 Å². The molecule has 1 rings (SSSR count). The summed E-state index contributed by atoms with van der Waals surface area (Å²) in [4.78, 5) is 24.1. The first-order valence-corrected chi connectivity index (χ1v) is 7.07. The van der Waals surface area contributed by atoms with Crippen LogP contribution in [0.3, 0.4) is 0 Å². The molecule has 1 amide bonds. The van der Waals surface area contributed by atoms with Gasteiger partial charge in [0, 0.05) is 19.5 Å². The second kappa shape index (κ2) is 6.23. The number of amides is 1. The highest BCUT2D eigenvalue weighted by molar-refractivity contribution is 5.81. The lowest BCUT2D eigenvalue weighted by Crippen LogP contribution is -2.47. The van der Waals surface area contributed by atoms with Gasteiger partial charge in [-0.1, -0.05) is 20.8 Å². The average molecular weight is 309 g/mol. The van der Waals surface area contributed by atoms with Crippen LogP contribution in [0.15, 0.2) is 0 Å². The van der Waals surface area contributed by atoms with Crippen molar-refractivity contribution in [3.8, 4) is 0 Å². The number of aliphatic carboxylic acids is 1. The molecule has 1 heterocycles. The van der Waals surface area contributed by atoms with E-state index in [1.807, 2.05) is 20.8 Å². The van der Waals surface area contributed by atoms with Crippen molar-refractivity contribution in [3.05, 3.63) is 0 Å². The number of likely N-dealkylation sites (tertiary alicyclic amines) is 1. The fourth-order valence-corrected chi connectivity index (χ4v) is 2.87. The van der Waals surface area contributed by atoms with Crippen LogP contribution in [-0.2, 0) is 9.59 Å². The van der Waals surface area contributed by atoms with Gasteiger partial charge in [-0.25, -0.2) is 0 Å². The van der Waals surface area contributed by atoms with Gasteiger partial charge in [0.1, 0.15) is 0 Å². The molecule has 0 aromatic carbocycles. The Balaban J connectivity index is 2.72. The summed E-state index contributed by atoms with van der Waals surface area (Å²) in [5, 5.41) is 8.94. The molecule has 4 nitrogen and oxygen atoms in total. The van der Waals surface area contributed by atoms with Crippen LogP contribution in [0, 0.1) is 17.3 Å². The van der Waals surface area contributed by atoms with Crippen LogP contribution < -0.4 is 0 Å². The molecule has 0 aromatic rings. The van der Waals surface area contributed by atoms with Gasteiger partial charge in [0.15, 0.2) is 5.41 Å². The van der Waals surface area contributed by atoms with Gasteiger partial charge >= 0.3 is 12.1 Å². The third-order valence-electron chi connectivity index (χ3n) is 3.97. The van der Waals surface area contributed by atoms with Gasteiger partial charge in [-0.2, -0.15) is 13.2 Å². The van der Waals surface area contributed by atoms with E-state index in [0.29, 0.717) is 5.92 Å². The minimum absolute atomic E-state index is 0.0724. The topological polar surface area (TPSA) is 57.6 Å². The monoisotopic (exact) mass is 309 g/mol. The molecule has 122 valence electrons. The molecule has 0 aliphatic carbocycles. The maximum Gasteiger partial charge on any atom is 0.406 e. The average Bonchev–Trinajstić information content (AvgIpc) is 2.72. The zero-order chi connectivity index (χ0) is 16.4. The van der Waals surface area contributed by atoms with Crippen molar-refractivity contribution in [1.29, 1.82) is 0 Å². The molecule has 0 radical (unpaired) electrons. The minimum atomic E-state index is -4.85. The van der Waals surface area contributed by atoms with Gasteiger partial charge in [-0.3, -0.25) is 9.59 Å². The van der Waals surface area contributed by atoms with Crippen LogP contribution in [0.2, 0.25) is 0 Å². The SMILES string of the molecule is CC(C)CC(C)CC(=O)N1CCC(C(=O)O)(C(F)(F)F)C1. The van der Waals surface area contributed by atoms with Crippen molar-refractivity contribution in [2.24, 2.45) is 17.3 Å². The summed E-state index contributed by atoms with van der Waals surface area (Å²) in [6.45, 7) is 4.96. The maximum absolute atomic E-state index is 13.0. The first kappa shape index (κ1) is 17.8. The highest BCUT2D eigenvalue weighted by atomic mass is 19.4. The summed E-state index contributed by atoms with van der Waals surface area (Å²) < 4.78 is 39.1. The van der Waals surface area contributed by atoms with Gasteiger partial charge in [0.05, 0.1) is 0 Å². The van der Waals surface area contributed by atoms with Crippen LogP contribution >= 0.6 is 0 Å². The summed E-state index contributed by atoms with van der Waals surface area (Å²) >= 11 is 0. The molecule has 0 aromatic heterocycles. The van der Waals surface area contributed by atoms with Crippen LogP contribution in [0.25, 0.3) is 0 Å². The molecule has 1 fully saturated rings. The number of hydrogen-bond acceptors (Lipinski definition) is 2. The molecule has 2 unspecified atom stereocenters. The molecule has 1 N–H and O–H groups in total. The van der Waals surface area contributed by atoms with Crippen molar-refractivity contribution in [2.45, 2.75) is 46.2 Å². The zero-order valence-corrected chi connectivity index (χ0v) is 12.5. The Labute approximate surface area is 122 Å². The standard InChI is InChI=1S/C14H22F3NO3/c1-9(2)6-10(3)7-11(19)18-5-4-13(8-18,12(20)21)14(15,16)17/h9-10H,4-8H2,1-3H3,(H,20,21). The molecule has 1 saturated heterocycles. The van der Waals surface area contributed by atoms with Crippen molar-refractivity contribution in [1.82, 2.24) is 4.90 Å². The molecule has 0 saturated carbocycles. The van der Waals surface area contributed by atoms with Crippen molar-refractivity contribution in [2.75, 3.05) is 13.1 Å². The lowest BCUT2D eigenvalue weighted by atomic mass is 9.86. The Morgan fingerprint density at radius 1 is 1.29 bits per heavy atom. The molecule has 2 atom stereocenters. The summed E-state index contributed by atoms with van der Waals surface area (Å²) in [6, 6.07) is 0. The van der Waals surface area contributed by atoms with Gasteiger partial charge in [0.2, 0.25) is 5.91 Å². The molecule has 1 aliphatic heterocycles. The van der Waals surface area contributed by atoms with Crippen molar-refractivity contribution < 1.29 is 27.9 Å². The first-order valence-electron chi connectivity index (χ1n) is 7.07. The summed E-state index contributed by atoms with van der Waals surface area (Å²) in [5.41, 5.74) is -2.82. The Morgan fingerprint density at radius 2 is 1.86 bits per heavy atom. The number of carbonyl (C=O) groups is 2. The fraction of sp³-hybridized carbons (Fsp3) is 0.857. The van der Waals surface area contributed by atoms with E-state index in [9.17, 15) is 22.8 Å². The Kier molecular flexibility index (Phi) is 5.28. The van der Waals surface area contributed by atoms with Gasteiger partial charge < -0.3 is 10.0 Å². The number of nitrogens with zero attached hydrogens (tertiary/aromatic N) is 1. The van der Waals surface area contributed by atoms with E-state index in [0.717, 1.165) is 11.3 Å². The Morgan fingerprint density at radius 3 is 2.24 bits per heavy atom. The predicted octanol–water partition coefficient (Wildman–Crippen LogP) is 2.92. The van der Waals surface area contributed by atoms with E-state index in [-0.39, 0.29) is 18.9 Å². The molecule has 7 heteroatoms. The first-order chi connectivity index (χ1) is 9.49. The van der Waals surface area contributed by atoms with E-state index in [1.165, 1.54) is 0 Å². The van der Waals surface area contributed by atoms with Gasteiger partial charge in [0.25, 0.3) is 0 Å². The van der Waals surface area contributed by atoms with Crippen LogP contribution in [-0.4, -0.2) is 41.1 Å². The highest BCUT2D eigenvalue weighted by Crippen LogP contribution is 2.45. The Bertz CT molecular complexity index is 409. The third-order valence-corrected chi connectivity index (χ3v) is 3.97. The minimum Gasteiger partial charge on any atom is -0.481 e. The number of halogens is 3. The third kappa shape index (κ3) is 3.89. The number of rotatable bonds is 5. The predicted molar refractivity (Wildman–Crippen MR) is 70.6 cm³/mol. The van der Waals surface area contributed by atoms with Gasteiger partial charge in [-0.15, -0.1) is 0 Å². The second-order valence-corrected chi connectivity index (χ2v) is 6.39. The van der Waals surface area contributed by atoms with Crippen LogP contribution in [0.5, 0.6) is 0 Å². The largest absolute Gasteiger partial charge is 0.481 e. The molecule has 1 aliphatic rings. The maximum atomic E-state index is 13.0. The number of carboxylic acid groups (broad SMARTS) is 1. The van der Waals surface area contributed by atoms with Gasteiger partial charge in [-0.05, 0) is 24.7 Å². The zero-order valence-electron chi connectivity index (χ0n) is 12.5. The number of carbonyl (C=O) groups excluding carboxylic acids is 1. The number of carboxylic acids is 1. The molecule has 21 heavy (non-hydrogen) atoms. The van der Waals surface area contributed by atoms with E-state index in [4.69, 9.17) is 5.11 Å². The normalized spacial score (nSPS) is 24.4. The van der Waals surface area contributed by atoms with Crippen LogP contribution in [0.4, 0.5) is 13.2 Å². The van der Waals surface area contributed by atoms with Crippen molar-refractivity contribution in [3.63, 3.8) is 0 Å². The second-order valence-electron chi connectivity index (χ2n) is 6.39. The van der Waals surface area contributed by atoms with E-state index >= 15 is 0 Å². The summed E-state index contributed by atoms with van der Waals surface area (Å²) in [5.74, 6) is -1.82. The molecule has 0 bridgehead atoms. The lowest BCUT2D eigenvalue weighted by Gasteiger charge is -2.27.